The van der Waals surface area contributed by atoms with Crippen molar-refractivity contribution in [2.75, 3.05) is 85.9 Å². The molecule has 1 atom stereocenters. The molecule has 0 radical (unpaired) electrons. The molecule has 7 aromatic rings. The lowest BCUT2D eigenvalue weighted by Gasteiger charge is -2.36. The highest BCUT2D eigenvalue weighted by Gasteiger charge is 2.41. The zero-order valence-electron chi connectivity index (χ0n) is 72.3. The first kappa shape index (κ1) is 97.3. The SMILES string of the molecule is CC(C)NCc1cc(F)cc(C(C)C)c1.CC(C)c1cc(F)cc(CNC2CCC2)c1.CC(C)c1cc(F)cc(CNCCO)c1.CC(C)c1cccc(CNC2(CO)CC2)c1.CC(C)c1cccc(CNC2CN(C)C2)c1.CC(C)c1cccc(CNCCN2CCOCC2)c1.CC(CO)NCc1cc(F)cc(C(C)C)c1. The molecular formula is C96H147F4N9O4. The molecule has 2 saturated carbocycles. The zero-order valence-corrected chi connectivity index (χ0v) is 72.3. The van der Waals surface area contributed by atoms with E-state index in [2.05, 4.69) is 222 Å². The van der Waals surface area contributed by atoms with E-state index < -0.39 is 0 Å². The van der Waals surface area contributed by atoms with Gasteiger partial charge in [0.25, 0.3) is 0 Å². The second-order valence-electron chi connectivity index (χ2n) is 34.0. The number of morpholine rings is 1. The first-order valence-corrected chi connectivity index (χ1v) is 42.2. The van der Waals surface area contributed by atoms with Crippen LogP contribution in [-0.4, -0.2) is 141 Å². The molecule has 2 heterocycles. The van der Waals surface area contributed by atoms with Gasteiger partial charge in [0.05, 0.1) is 33.0 Å². The van der Waals surface area contributed by atoms with Gasteiger partial charge in [-0.2, -0.15) is 0 Å². The van der Waals surface area contributed by atoms with Crippen molar-refractivity contribution in [3.05, 3.63) is 247 Å². The monoisotopic (exact) mass is 1570 g/mol. The van der Waals surface area contributed by atoms with Crippen molar-refractivity contribution in [3.63, 3.8) is 0 Å². The summed E-state index contributed by atoms with van der Waals surface area (Å²) in [4.78, 5) is 4.79. The van der Waals surface area contributed by atoms with Gasteiger partial charge in [-0.15, -0.1) is 0 Å². The molecule has 2 aliphatic heterocycles. The summed E-state index contributed by atoms with van der Waals surface area (Å²) in [5.41, 5.74) is 16.5. The van der Waals surface area contributed by atoms with Gasteiger partial charge in [0.15, 0.2) is 0 Å². The minimum Gasteiger partial charge on any atom is -0.395 e. The van der Waals surface area contributed by atoms with Crippen LogP contribution in [0.2, 0.25) is 0 Å². The second kappa shape index (κ2) is 52.4. The third kappa shape index (κ3) is 39.5. The summed E-state index contributed by atoms with van der Waals surface area (Å²) in [6.45, 7) is 50.9. The Morgan fingerprint density at radius 3 is 1.15 bits per heavy atom. The molecule has 2 aliphatic carbocycles. The number of rotatable bonds is 33. The molecule has 7 aromatic carbocycles. The molecule has 1 unspecified atom stereocenters. The Bertz CT molecular complexity index is 3690. The van der Waals surface area contributed by atoms with Crippen molar-refractivity contribution in [1.29, 1.82) is 0 Å². The summed E-state index contributed by atoms with van der Waals surface area (Å²) in [7, 11) is 2.16. The lowest BCUT2D eigenvalue weighted by molar-refractivity contribution is 0.0384. The smallest absolute Gasteiger partial charge is 0.123 e. The summed E-state index contributed by atoms with van der Waals surface area (Å²) >= 11 is 0. The fourth-order valence-electron chi connectivity index (χ4n) is 12.7. The molecule has 0 aromatic heterocycles. The van der Waals surface area contributed by atoms with Crippen LogP contribution in [0.1, 0.15) is 269 Å². The van der Waals surface area contributed by atoms with Crippen LogP contribution in [0.4, 0.5) is 17.6 Å². The predicted molar refractivity (Wildman–Crippen MR) is 465 cm³/mol. The van der Waals surface area contributed by atoms with E-state index in [-0.39, 0.29) is 54.7 Å². The lowest BCUT2D eigenvalue weighted by Crippen LogP contribution is -2.55. The molecule has 17 heteroatoms. The van der Waals surface area contributed by atoms with Crippen LogP contribution in [0.5, 0.6) is 0 Å². The van der Waals surface area contributed by atoms with Gasteiger partial charge in [0, 0.05) is 121 Å². The lowest BCUT2D eigenvalue weighted by atomic mass is 9.93. The summed E-state index contributed by atoms with van der Waals surface area (Å²) < 4.78 is 58.6. The topological polar surface area (TPSA) is 161 Å². The van der Waals surface area contributed by atoms with E-state index in [0.717, 1.165) is 129 Å². The molecule has 0 spiro atoms. The first-order valence-electron chi connectivity index (χ1n) is 42.2. The molecule has 11 rings (SSSR count). The fourth-order valence-corrected chi connectivity index (χ4v) is 12.7. The van der Waals surface area contributed by atoms with Crippen molar-refractivity contribution >= 4 is 0 Å². The van der Waals surface area contributed by atoms with Crippen molar-refractivity contribution in [3.8, 4) is 0 Å². The third-order valence-electron chi connectivity index (χ3n) is 20.9. The Morgan fingerprint density at radius 1 is 0.416 bits per heavy atom. The van der Waals surface area contributed by atoms with Gasteiger partial charge in [-0.05, 0) is 207 Å². The second-order valence-corrected chi connectivity index (χ2v) is 34.0. The van der Waals surface area contributed by atoms with Crippen LogP contribution >= 0.6 is 0 Å². The minimum atomic E-state index is -0.195. The number of aliphatic hydroxyl groups is 3. The molecule has 0 bridgehead atoms. The van der Waals surface area contributed by atoms with Gasteiger partial charge in [0.2, 0.25) is 0 Å². The van der Waals surface area contributed by atoms with E-state index in [1.54, 1.807) is 36.4 Å². The van der Waals surface area contributed by atoms with Crippen molar-refractivity contribution in [2.45, 2.75) is 267 Å². The molecule has 0 amide bonds. The maximum absolute atomic E-state index is 13.4. The number of ether oxygens (including phenoxy) is 1. The predicted octanol–water partition coefficient (Wildman–Crippen LogP) is 18.4. The number of hydrogen-bond donors (Lipinski definition) is 10. The average Bonchev–Trinajstić information content (AvgIpc) is 1.67. The molecule has 10 N–H and O–H groups in total. The van der Waals surface area contributed by atoms with Crippen LogP contribution < -0.4 is 37.2 Å². The first-order chi connectivity index (χ1) is 53.8. The molecule has 2 saturated heterocycles. The van der Waals surface area contributed by atoms with Crippen LogP contribution in [0.15, 0.2) is 146 Å². The number of likely N-dealkylation sites (tertiary alicyclic amines) is 1. The number of benzene rings is 7. The highest BCUT2D eigenvalue weighted by Crippen LogP contribution is 2.35. The summed E-state index contributed by atoms with van der Waals surface area (Å²) in [6, 6.07) is 49.2. The Kier molecular flexibility index (Phi) is 45.2. The largest absolute Gasteiger partial charge is 0.395 e. The van der Waals surface area contributed by atoms with Crippen LogP contribution in [0.3, 0.4) is 0 Å². The maximum Gasteiger partial charge on any atom is 0.123 e. The van der Waals surface area contributed by atoms with Gasteiger partial charge in [-0.3, -0.25) is 4.90 Å². The van der Waals surface area contributed by atoms with Crippen LogP contribution in [0.25, 0.3) is 0 Å². The molecule has 628 valence electrons. The van der Waals surface area contributed by atoms with Gasteiger partial charge >= 0.3 is 0 Å². The Hall–Kier alpha value is -6.26. The maximum atomic E-state index is 13.4. The van der Waals surface area contributed by atoms with Crippen LogP contribution in [0, 0.1) is 23.3 Å². The molecule has 4 fully saturated rings. The normalized spacial score (nSPS) is 15.1. The van der Waals surface area contributed by atoms with Gasteiger partial charge in [-0.1, -0.05) is 214 Å². The van der Waals surface area contributed by atoms with E-state index in [1.807, 2.05) is 46.8 Å². The fraction of sp³-hybridized carbons (Fsp3) is 0.562. The summed E-state index contributed by atoms with van der Waals surface area (Å²) in [6.07, 6.45) is 6.08. The Morgan fingerprint density at radius 2 is 0.779 bits per heavy atom. The zero-order chi connectivity index (χ0) is 83.0. The number of aliphatic hydroxyl groups excluding tert-OH is 3. The van der Waals surface area contributed by atoms with Crippen LogP contribution in [-0.2, 0) is 50.6 Å². The summed E-state index contributed by atoms with van der Waals surface area (Å²) in [5, 5.41) is 50.2. The average molecular weight is 1570 g/mol. The van der Waals surface area contributed by atoms with E-state index >= 15 is 0 Å². The molecule has 13 nitrogen and oxygen atoms in total. The van der Waals surface area contributed by atoms with Crippen molar-refractivity contribution in [1.82, 2.24) is 47.0 Å². The van der Waals surface area contributed by atoms with E-state index in [9.17, 15) is 22.7 Å². The van der Waals surface area contributed by atoms with E-state index in [4.69, 9.17) is 14.9 Å². The van der Waals surface area contributed by atoms with E-state index in [0.29, 0.717) is 79.2 Å². The van der Waals surface area contributed by atoms with Crippen molar-refractivity contribution < 1.29 is 37.6 Å². The Balaban J connectivity index is 0.000000236. The highest BCUT2D eigenvalue weighted by atomic mass is 19.1. The number of halogens is 4. The standard InChI is InChI=1S/C16H26N2O.C14H20FN.C14H22N2.C14H21NO.C13H20FNO.C13H20FN.C12H18FNO/c1-14(2)16-5-3-4-15(12-16)13-17-6-7-18-8-10-19-11-9-18;1-10(2)12-6-11(7-13(15)8-12)9-16-14-4-3-5-14;1-11(2)13-6-4-5-12(7-13)8-15-14-9-16(3)10-14;1-11(2)13-5-3-4-12(8-13)9-15-14(10-16)6-7-14;1-9(2)12-4-11(5-13(14)6-12)7-15-10(3)8-16;1-9(2)12-5-11(6-13(14)7-12)8-15-10(3)4;1-9(2)11-5-10(6-12(13)7-11)8-14-3-4-15/h3-5,12,14,17H,6-11,13H2,1-2H3;6-8,10,14,16H,3-5,9H2,1-2H3;4-7,11,14-15H,8-10H2,1-3H3;3-5,8,11,15-16H,6-7,9-10H2,1-2H3;4-6,9-10,15-16H,7-8H2,1-3H3;5-7,9-10,15H,8H2,1-4H3;5-7,9,14-15H,3-4,8H2,1-2H3. The third-order valence-corrected chi connectivity index (χ3v) is 20.9. The highest BCUT2D eigenvalue weighted by molar-refractivity contribution is 5.32. The number of likely N-dealkylation sites (N-methyl/N-ethyl adjacent to an activating group) is 1. The molecule has 4 aliphatic rings. The Labute approximate surface area is 680 Å². The quantitative estimate of drug-likeness (QED) is 0.0140. The van der Waals surface area contributed by atoms with E-state index in [1.165, 1.54) is 77.9 Å². The molecular weight excluding hydrogens is 1420 g/mol. The van der Waals surface area contributed by atoms with Gasteiger partial charge in [-0.25, -0.2) is 17.6 Å². The van der Waals surface area contributed by atoms with Gasteiger partial charge in [0.1, 0.15) is 23.3 Å². The minimum absolute atomic E-state index is 0.0331. The van der Waals surface area contributed by atoms with Gasteiger partial charge < -0.3 is 62.2 Å². The number of hydrogen-bond acceptors (Lipinski definition) is 13. The van der Waals surface area contributed by atoms with Crippen molar-refractivity contribution in [2.24, 2.45) is 0 Å². The molecule has 113 heavy (non-hydrogen) atoms. The summed E-state index contributed by atoms with van der Waals surface area (Å²) in [5.74, 6) is 2.58. The number of nitrogens with one attached hydrogen (secondary N) is 7. The number of nitrogens with zero attached hydrogens (tertiary/aromatic N) is 2.